The normalized spacial score (nSPS) is 23.7. The third-order valence-corrected chi connectivity index (χ3v) is 5.67. The number of amides is 1. The Balaban J connectivity index is 1.69. The van der Waals surface area contributed by atoms with E-state index in [0.29, 0.717) is 5.92 Å². The van der Waals surface area contributed by atoms with E-state index in [-0.39, 0.29) is 5.91 Å². The third kappa shape index (κ3) is 3.46. The summed E-state index contributed by atoms with van der Waals surface area (Å²) in [5.74, 6) is 0.823. The van der Waals surface area contributed by atoms with E-state index in [0.717, 1.165) is 41.6 Å². The van der Waals surface area contributed by atoms with E-state index in [9.17, 15) is 4.79 Å². The van der Waals surface area contributed by atoms with Gasteiger partial charge in [-0.3, -0.25) is 9.69 Å². The predicted molar refractivity (Wildman–Crippen MR) is 85.7 cm³/mol. The molecule has 3 rings (SSSR count). The van der Waals surface area contributed by atoms with Gasteiger partial charge in [0.2, 0.25) is 0 Å². The summed E-state index contributed by atoms with van der Waals surface area (Å²) in [5, 5.41) is 1.10. The average molecular weight is 307 g/mol. The van der Waals surface area contributed by atoms with Crippen molar-refractivity contribution in [2.75, 3.05) is 26.2 Å². The Morgan fingerprint density at radius 1 is 1.29 bits per heavy atom. The van der Waals surface area contributed by atoms with Crippen molar-refractivity contribution in [3.63, 3.8) is 0 Å². The Labute approximate surface area is 131 Å². The zero-order valence-electron chi connectivity index (χ0n) is 13.1. The molecule has 116 valence electrons. The summed E-state index contributed by atoms with van der Waals surface area (Å²) in [6, 6.07) is 0. The second-order valence-electron chi connectivity index (χ2n) is 6.50. The van der Waals surface area contributed by atoms with Gasteiger partial charge in [-0.25, -0.2) is 4.98 Å². The number of aryl methyl sites for hydroxylation is 1. The molecule has 0 radical (unpaired) electrons. The van der Waals surface area contributed by atoms with Crippen LogP contribution < -0.4 is 0 Å². The van der Waals surface area contributed by atoms with E-state index in [1.165, 1.54) is 32.4 Å². The molecule has 1 atom stereocenters. The largest absolute Gasteiger partial charge is 0.338 e. The molecule has 4 nitrogen and oxygen atoms in total. The highest BCUT2D eigenvalue weighted by Gasteiger charge is 2.26. The van der Waals surface area contributed by atoms with Crippen LogP contribution >= 0.6 is 11.3 Å². The molecule has 0 saturated carbocycles. The number of piperidine rings is 1. The van der Waals surface area contributed by atoms with Crippen molar-refractivity contribution in [2.45, 2.75) is 46.1 Å². The molecule has 0 aromatic carbocycles. The fraction of sp³-hybridized carbons (Fsp3) is 0.750. The Hall–Kier alpha value is -0.940. The number of hydrogen-bond acceptors (Lipinski definition) is 4. The molecule has 1 unspecified atom stereocenters. The minimum absolute atomic E-state index is 0.198. The van der Waals surface area contributed by atoms with Crippen LogP contribution in [0, 0.1) is 12.8 Å². The van der Waals surface area contributed by atoms with Gasteiger partial charge in [0.15, 0.2) is 0 Å². The molecule has 0 N–H and O–H groups in total. The minimum Gasteiger partial charge on any atom is -0.338 e. The highest BCUT2D eigenvalue weighted by atomic mass is 32.1. The first-order chi connectivity index (χ1) is 10.1. The van der Waals surface area contributed by atoms with Gasteiger partial charge in [-0.1, -0.05) is 6.92 Å². The minimum atomic E-state index is 0.198. The monoisotopic (exact) mass is 307 g/mol. The van der Waals surface area contributed by atoms with Crippen molar-refractivity contribution in [1.82, 2.24) is 14.8 Å². The first-order valence-corrected chi connectivity index (χ1v) is 8.93. The first-order valence-electron chi connectivity index (χ1n) is 8.11. The van der Waals surface area contributed by atoms with E-state index in [1.54, 1.807) is 11.3 Å². The maximum absolute atomic E-state index is 12.7. The molecular weight excluding hydrogens is 282 g/mol. The molecule has 21 heavy (non-hydrogen) atoms. The van der Waals surface area contributed by atoms with Crippen molar-refractivity contribution >= 4 is 17.2 Å². The van der Waals surface area contributed by atoms with Crippen molar-refractivity contribution in [3.8, 4) is 0 Å². The van der Waals surface area contributed by atoms with Crippen LogP contribution in [0.3, 0.4) is 0 Å². The molecule has 1 aromatic rings. The van der Waals surface area contributed by atoms with Gasteiger partial charge in [0.05, 0.1) is 12.2 Å². The lowest BCUT2D eigenvalue weighted by atomic mass is 10.0. The maximum Gasteiger partial charge on any atom is 0.265 e. The fourth-order valence-electron chi connectivity index (χ4n) is 3.37. The zero-order valence-corrected chi connectivity index (χ0v) is 13.9. The molecule has 1 amide bonds. The van der Waals surface area contributed by atoms with Gasteiger partial charge in [-0.05, 0) is 51.6 Å². The molecule has 2 aliphatic heterocycles. The van der Waals surface area contributed by atoms with Gasteiger partial charge < -0.3 is 4.90 Å². The topological polar surface area (TPSA) is 36.4 Å². The SMILES string of the molecule is Cc1nc(CN2CCCC2)sc1C(=O)N1CCCC(C)C1. The van der Waals surface area contributed by atoms with Crippen molar-refractivity contribution < 1.29 is 4.79 Å². The molecule has 2 fully saturated rings. The number of likely N-dealkylation sites (tertiary alicyclic amines) is 2. The van der Waals surface area contributed by atoms with Crippen LogP contribution in [0.4, 0.5) is 0 Å². The second kappa shape index (κ2) is 6.44. The molecular formula is C16H25N3OS. The summed E-state index contributed by atoms with van der Waals surface area (Å²) in [4.78, 5) is 22.7. The van der Waals surface area contributed by atoms with Gasteiger partial charge in [-0.2, -0.15) is 0 Å². The van der Waals surface area contributed by atoms with Crippen LogP contribution in [0.25, 0.3) is 0 Å². The summed E-state index contributed by atoms with van der Waals surface area (Å²) in [6.07, 6.45) is 4.96. The van der Waals surface area contributed by atoms with Crippen LogP contribution in [-0.4, -0.2) is 46.9 Å². The lowest BCUT2D eigenvalue weighted by Crippen LogP contribution is -2.39. The molecule has 0 bridgehead atoms. The van der Waals surface area contributed by atoms with Gasteiger partial charge in [0.25, 0.3) is 5.91 Å². The van der Waals surface area contributed by atoms with Crippen LogP contribution in [0.5, 0.6) is 0 Å². The number of thiazole rings is 1. The molecule has 0 aliphatic carbocycles. The third-order valence-electron chi connectivity index (χ3n) is 4.54. The van der Waals surface area contributed by atoms with Crippen LogP contribution in [0.1, 0.15) is 53.0 Å². The highest BCUT2D eigenvalue weighted by molar-refractivity contribution is 7.13. The number of nitrogens with zero attached hydrogens (tertiary/aromatic N) is 3. The number of aromatic nitrogens is 1. The standard InChI is InChI=1S/C16H25N3OS/c1-12-6-5-9-19(10-12)16(20)15-13(2)17-14(21-15)11-18-7-3-4-8-18/h12H,3-11H2,1-2H3. The van der Waals surface area contributed by atoms with E-state index >= 15 is 0 Å². The summed E-state index contributed by atoms with van der Waals surface area (Å²) in [7, 11) is 0. The van der Waals surface area contributed by atoms with Crippen LogP contribution in [0.2, 0.25) is 0 Å². The van der Waals surface area contributed by atoms with Crippen molar-refractivity contribution in [3.05, 3.63) is 15.6 Å². The smallest absolute Gasteiger partial charge is 0.265 e. The lowest BCUT2D eigenvalue weighted by Gasteiger charge is -2.30. The zero-order chi connectivity index (χ0) is 14.8. The Morgan fingerprint density at radius 2 is 2.05 bits per heavy atom. The number of rotatable bonds is 3. The summed E-state index contributed by atoms with van der Waals surface area (Å²) in [6.45, 7) is 9.27. The number of carbonyl (C=O) groups excluding carboxylic acids is 1. The highest BCUT2D eigenvalue weighted by Crippen LogP contribution is 2.25. The van der Waals surface area contributed by atoms with Crippen LogP contribution in [0.15, 0.2) is 0 Å². The molecule has 2 aliphatic rings. The van der Waals surface area contributed by atoms with Crippen LogP contribution in [-0.2, 0) is 6.54 Å². The van der Waals surface area contributed by atoms with Gasteiger partial charge >= 0.3 is 0 Å². The molecule has 2 saturated heterocycles. The Morgan fingerprint density at radius 3 is 2.76 bits per heavy atom. The van der Waals surface area contributed by atoms with E-state index in [4.69, 9.17) is 0 Å². The molecule has 1 aromatic heterocycles. The number of hydrogen-bond donors (Lipinski definition) is 0. The van der Waals surface area contributed by atoms with E-state index < -0.39 is 0 Å². The Kier molecular flexibility index (Phi) is 4.60. The second-order valence-corrected chi connectivity index (χ2v) is 7.59. The molecule has 5 heteroatoms. The first kappa shape index (κ1) is 15.0. The fourth-order valence-corrected chi connectivity index (χ4v) is 4.44. The quantitative estimate of drug-likeness (QED) is 0.861. The van der Waals surface area contributed by atoms with Crippen molar-refractivity contribution in [2.24, 2.45) is 5.92 Å². The van der Waals surface area contributed by atoms with Gasteiger partial charge in [-0.15, -0.1) is 11.3 Å². The van der Waals surface area contributed by atoms with Gasteiger partial charge in [0, 0.05) is 13.1 Å². The maximum atomic E-state index is 12.7. The molecule has 0 spiro atoms. The van der Waals surface area contributed by atoms with E-state index in [1.807, 2.05) is 11.8 Å². The summed E-state index contributed by atoms with van der Waals surface area (Å²) < 4.78 is 0. The average Bonchev–Trinajstić information content (AvgIpc) is 3.08. The summed E-state index contributed by atoms with van der Waals surface area (Å²) >= 11 is 1.61. The van der Waals surface area contributed by atoms with Gasteiger partial charge in [0.1, 0.15) is 9.88 Å². The number of carbonyl (C=O) groups is 1. The Bertz CT molecular complexity index is 508. The van der Waals surface area contributed by atoms with Crippen molar-refractivity contribution in [1.29, 1.82) is 0 Å². The lowest BCUT2D eigenvalue weighted by molar-refractivity contribution is 0.0687. The van der Waals surface area contributed by atoms with E-state index in [2.05, 4.69) is 16.8 Å². The predicted octanol–water partition coefficient (Wildman–Crippen LogP) is 2.92. The molecule has 3 heterocycles. The summed E-state index contributed by atoms with van der Waals surface area (Å²) in [5.41, 5.74) is 0.914.